The van der Waals surface area contributed by atoms with Crippen LogP contribution in [0.1, 0.15) is 122 Å². The van der Waals surface area contributed by atoms with Gasteiger partial charge in [0.25, 0.3) is 0 Å². The van der Waals surface area contributed by atoms with Crippen molar-refractivity contribution >= 4 is 46.2 Å². The number of ether oxygens (including phenoxy) is 2. The fraction of sp³-hybridized carbons (Fsp3) is 0.500. The fourth-order valence-electron chi connectivity index (χ4n) is 5.53. The van der Waals surface area contributed by atoms with Crippen LogP contribution < -0.4 is 14.1 Å². The first-order valence-corrected chi connectivity index (χ1v) is 22.2. The Morgan fingerprint density at radius 3 is 1.67 bits per heavy atom. The van der Waals surface area contributed by atoms with Gasteiger partial charge in [-0.25, -0.2) is 0 Å². The second-order valence-corrected chi connectivity index (χ2v) is 17.6. The molecule has 0 bridgehead atoms. The van der Waals surface area contributed by atoms with Gasteiger partial charge in [-0.05, 0) is 67.8 Å². The lowest BCUT2D eigenvalue weighted by Gasteiger charge is -2.17. The van der Waals surface area contributed by atoms with E-state index in [0.29, 0.717) is 19.0 Å². The third kappa shape index (κ3) is 12.7. The minimum atomic E-state index is -4.36. The molecule has 0 amide bonds. The first-order chi connectivity index (χ1) is 23.8. The maximum atomic E-state index is 12.1. The molecule has 266 valence electrons. The Balaban J connectivity index is 1.60. The lowest BCUT2D eigenvalue weighted by atomic mass is 10.1. The van der Waals surface area contributed by atoms with E-state index in [-0.39, 0.29) is 4.62 Å². The topological polar surface area (TPSA) is 76.0 Å². The predicted molar refractivity (Wildman–Crippen MR) is 212 cm³/mol. The number of unbranched alkanes of at least 4 members (excludes halogenated alkanes) is 12. The molecule has 5 nitrogen and oxygen atoms in total. The third-order valence-electron chi connectivity index (χ3n) is 8.32. The molecule has 49 heavy (non-hydrogen) atoms. The number of thiophene rings is 3. The molecule has 0 aliphatic heterocycles. The SMILES string of the molecule is CCCCCCCCC#Cc1ccc(-c2ccc(-c3cc(OCCCCCC)c(-c4ccc(P(=O)(O)O)s4)cc3OCCCCCC)s2)s1. The summed E-state index contributed by atoms with van der Waals surface area (Å²) >= 11 is 4.58. The molecule has 0 saturated heterocycles. The lowest BCUT2D eigenvalue weighted by molar-refractivity contribution is 0.299. The highest BCUT2D eigenvalue weighted by atomic mass is 32.1. The number of hydrogen-bond acceptors (Lipinski definition) is 6. The van der Waals surface area contributed by atoms with Gasteiger partial charge in [-0.3, -0.25) is 4.57 Å². The standard InChI is InChI=1S/C40H53O5PS3/c1-4-7-10-13-14-15-16-17-20-31-21-22-38(47-31)39-24-23-36(48-39)32-29-35(45-28-19-12-9-6-3)33(30-34(32)44-27-18-11-8-5-2)37-25-26-40(49-37)46(41,42)43/h21-26,29-30H,4-16,18-19,27-28H2,1-3H3,(H2,41,42,43). The summed E-state index contributed by atoms with van der Waals surface area (Å²) in [6.45, 7) is 7.83. The molecule has 1 aromatic carbocycles. The molecule has 0 unspecified atom stereocenters. The summed E-state index contributed by atoms with van der Waals surface area (Å²) in [7, 11) is -4.36. The van der Waals surface area contributed by atoms with Gasteiger partial charge in [-0.1, -0.05) is 103 Å². The third-order valence-corrected chi connectivity index (χ3v) is 13.3. The van der Waals surface area contributed by atoms with Gasteiger partial charge in [0.2, 0.25) is 0 Å². The van der Waals surface area contributed by atoms with Crippen molar-refractivity contribution in [2.75, 3.05) is 13.2 Å². The van der Waals surface area contributed by atoms with Crippen molar-refractivity contribution in [3.63, 3.8) is 0 Å². The van der Waals surface area contributed by atoms with E-state index in [2.05, 4.69) is 62.9 Å². The second-order valence-electron chi connectivity index (χ2n) is 12.5. The van der Waals surface area contributed by atoms with Crippen LogP contribution >= 0.6 is 41.6 Å². The smallest absolute Gasteiger partial charge is 0.366 e. The van der Waals surface area contributed by atoms with E-state index in [9.17, 15) is 14.4 Å². The Morgan fingerprint density at radius 2 is 1.08 bits per heavy atom. The number of hydrogen-bond donors (Lipinski definition) is 2. The molecular formula is C40H53O5PS3. The molecule has 3 heterocycles. The van der Waals surface area contributed by atoms with Crippen LogP contribution in [0.2, 0.25) is 0 Å². The van der Waals surface area contributed by atoms with Crippen molar-refractivity contribution in [3.05, 3.63) is 53.4 Å². The molecule has 0 spiro atoms. The van der Waals surface area contributed by atoms with Crippen molar-refractivity contribution in [1.82, 2.24) is 0 Å². The molecule has 0 radical (unpaired) electrons. The van der Waals surface area contributed by atoms with Crippen LogP contribution in [0.25, 0.3) is 30.6 Å². The van der Waals surface area contributed by atoms with E-state index < -0.39 is 7.60 Å². The Hall–Kier alpha value is -2.37. The summed E-state index contributed by atoms with van der Waals surface area (Å²) in [6, 6.07) is 16.0. The Bertz CT molecular complexity index is 1670. The van der Waals surface area contributed by atoms with Gasteiger partial charge in [0, 0.05) is 37.1 Å². The van der Waals surface area contributed by atoms with Crippen LogP contribution in [0.3, 0.4) is 0 Å². The summed E-state index contributed by atoms with van der Waals surface area (Å²) in [5, 5.41) is 0. The van der Waals surface area contributed by atoms with Gasteiger partial charge in [0.1, 0.15) is 16.1 Å². The van der Waals surface area contributed by atoms with Crippen molar-refractivity contribution < 1.29 is 23.8 Å². The van der Waals surface area contributed by atoms with Gasteiger partial charge in [-0.2, -0.15) is 0 Å². The van der Waals surface area contributed by atoms with Gasteiger partial charge < -0.3 is 19.3 Å². The van der Waals surface area contributed by atoms with E-state index in [1.165, 1.54) is 60.8 Å². The van der Waals surface area contributed by atoms with Crippen LogP contribution in [-0.4, -0.2) is 23.0 Å². The zero-order valence-corrected chi connectivity index (χ0v) is 32.8. The Kier molecular flexibility index (Phi) is 17.0. The van der Waals surface area contributed by atoms with Crippen LogP contribution in [-0.2, 0) is 4.57 Å². The van der Waals surface area contributed by atoms with Crippen LogP contribution in [0.5, 0.6) is 11.5 Å². The minimum absolute atomic E-state index is 0.0489. The van der Waals surface area contributed by atoms with Gasteiger partial charge in [0.15, 0.2) is 0 Å². The quantitative estimate of drug-likeness (QED) is 0.0477. The molecule has 0 fully saturated rings. The largest absolute Gasteiger partial charge is 0.493 e. The van der Waals surface area contributed by atoms with Crippen LogP contribution in [0, 0.1) is 11.8 Å². The first kappa shape index (κ1) is 39.4. The molecular weight excluding hydrogens is 688 g/mol. The summed E-state index contributed by atoms with van der Waals surface area (Å²) in [4.78, 5) is 25.0. The molecule has 2 N–H and O–H groups in total. The summed E-state index contributed by atoms with van der Waals surface area (Å²) in [5.41, 5.74) is 1.77. The number of rotatable bonds is 22. The minimum Gasteiger partial charge on any atom is -0.493 e. The van der Waals surface area contributed by atoms with Gasteiger partial charge in [0.05, 0.1) is 18.1 Å². The van der Waals surface area contributed by atoms with E-state index in [4.69, 9.17) is 9.47 Å². The normalized spacial score (nSPS) is 11.4. The highest BCUT2D eigenvalue weighted by molar-refractivity contribution is 7.67. The number of benzene rings is 1. The summed E-state index contributed by atoms with van der Waals surface area (Å²) < 4.78 is 25.0. The lowest BCUT2D eigenvalue weighted by Crippen LogP contribution is -2.02. The molecule has 9 heteroatoms. The highest BCUT2D eigenvalue weighted by Crippen LogP contribution is 2.47. The van der Waals surface area contributed by atoms with E-state index >= 15 is 0 Å². The van der Waals surface area contributed by atoms with Crippen molar-refractivity contribution in [2.45, 2.75) is 117 Å². The molecule has 0 atom stereocenters. The molecule has 0 aliphatic carbocycles. The summed E-state index contributed by atoms with van der Waals surface area (Å²) in [6.07, 6.45) is 17.4. The average molecular weight is 741 g/mol. The first-order valence-electron chi connectivity index (χ1n) is 18.1. The van der Waals surface area contributed by atoms with Crippen molar-refractivity contribution in [3.8, 4) is 54.0 Å². The van der Waals surface area contributed by atoms with E-state index in [1.807, 2.05) is 6.07 Å². The average Bonchev–Trinajstić information content (AvgIpc) is 3.87. The van der Waals surface area contributed by atoms with Gasteiger partial charge in [-0.15, -0.1) is 34.0 Å². The van der Waals surface area contributed by atoms with E-state index in [0.717, 1.165) is 94.2 Å². The zero-order chi connectivity index (χ0) is 34.9. The van der Waals surface area contributed by atoms with Crippen molar-refractivity contribution in [1.29, 1.82) is 0 Å². The van der Waals surface area contributed by atoms with Crippen LogP contribution in [0.15, 0.2) is 48.5 Å². The zero-order valence-electron chi connectivity index (χ0n) is 29.4. The van der Waals surface area contributed by atoms with Gasteiger partial charge >= 0.3 is 7.60 Å². The molecule has 3 aromatic heterocycles. The Morgan fingerprint density at radius 1 is 0.592 bits per heavy atom. The molecule has 0 saturated carbocycles. The monoisotopic (exact) mass is 740 g/mol. The molecule has 4 rings (SSSR count). The van der Waals surface area contributed by atoms with Crippen molar-refractivity contribution in [2.24, 2.45) is 0 Å². The fourth-order valence-corrected chi connectivity index (χ4v) is 9.34. The highest BCUT2D eigenvalue weighted by Gasteiger charge is 2.23. The molecule has 4 aromatic rings. The van der Waals surface area contributed by atoms with E-state index in [1.54, 1.807) is 28.7 Å². The predicted octanol–water partition coefficient (Wildman–Crippen LogP) is 12.7. The maximum absolute atomic E-state index is 12.1. The van der Waals surface area contributed by atoms with Crippen LogP contribution in [0.4, 0.5) is 0 Å². The molecule has 0 aliphatic rings. The Labute approximate surface area is 306 Å². The maximum Gasteiger partial charge on any atom is 0.366 e. The second kappa shape index (κ2) is 21.1. The summed E-state index contributed by atoms with van der Waals surface area (Å²) in [5.74, 6) is 8.23.